The molecule has 2 N–H and O–H groups in total. The molecule has 1 fully saturated rings. The molecule has 0 bridgehead atoms. The van der Waals surface area contributed by atoms with Crippen molar-refractivity contribution in [3.63, 3.8) is 0 Å². The van der Waals surface area contributed by atoms with Gasteiger partial charge in [0.05, 0.1) is 25.4 Å². The number of likely N-dealkylation sites (tertiary alicyclic amines) is 1. The summed E-state index contributed by atoms with van der Waals surface area (Å²) in [5, 5.41) is 18.6. The Kier molecular flexibility index (Phi) is 5.38. The predicted molar refractivity (Wildman–Crippen MR) is 76.2 cm³/mol. The molecule has 0 radical (unpaired) electrons. The normalized spacial score (nSPS) is 23.0. The van der Waals surface area contributed by atoms with Crippen LogP contribution in [-0.4, -0.2) is 61.9 Å². The van der Waals surface area contributed by atoms with Gasteiger partial charge in [0, 0.05) is 13.1 Å². The number of hydrogen-bond donors (Lipinski definition) is 2. The Hall–Kier alpha value is 0.0569. The molecule has 1 aliphatic heterocycles. The van der Waals surface area contributed by atoms with Gasteiger partial charge < -0.3 is 14.6 Å². The molecule has 18 heavy (non-hydrogen) atoms. The van der Waals surface area contributed by atoms with Crippen LogP contribution >= 0.6 is 0 Å². The van der Waals surface area contributed by atoms with E-state index in [-0.39, 0.29) is 30.4 Å². The Morgan fingerprint density at radius 3 is 2.28 bits per heavy atom. The number of aliphatic hydroxyl groups excluding tert-OH is 2. The van der Waals surface area contributed by atoms with Crippen LogP contribution in [0.4, 0.5) is 0 Å². The number of hydrogen-bond acceptors (Lipinski definition) is 4. The van der Waals surface area contributed by atoms with Crippen LogP contribution in [0.15, 0.2) is 0 Å². The first kappa shape index (κ1) is 16.1. The number of aliphatic hydroxyl groups is 2. The molecule has 1 atom stereocenters. The minimum atomic E-state index is -1.71. The van der Waals surface area contributed by atoms with Crippen LogP contribution in [0.2, 0.25) is 18.1 Å². The molecule has 4 nitrogen and oxygen atoms in total. The van der Waals surface area contributed by atoms with Crippen LogP contribution in [0.1, 0.15) is 27.2 Å². The van der Waals surface area contributed by atoms with Gasteiger partial charge in [0.25, 0.3) is 0 Å². The summed E-state index contributed by atoms with van der Waals surface area (Å²) >= 11 is 0. The summed E-state index contributed by atoms with van der Waals surface area (Å²) in [4.78, 5) is 2.14. The van der Waals surface area contributed by atoms with Gasteiger partial charge in [0.2, 0.25) is 0 Å². The third kappa shape index (κ3) is 3.77. The van der Waals surface area contributed by atoms with Crippen LogP contribution in [0.25, 0.3) is 0 Å². The first-order valence-corrected chi connectivity index (χ1v) is 9.75. The Morgan fingerprint density at radius 1 is 1.28 bits per heavy atom. The van der Waals surface area contributed by atoms with Crippen molar-refractivity contribution in [3.8, 4) is 0 Å². The van der Waals surface area contributed by atoms with Crippen LogP contribution in [0.5, 0.6) is 0 Å². The number of nitrogens with zero attached hydrogens (tertiary/aromatic N) is 1. The quantitative estimate of drug-likeness (QED) is 0.746. The second-order valence-corrected chi connectivity index (χ2v) is 11.6. The molecular weight excluding hydrogens is 246 g/mol. The highest BCUT2D eigenvalue weighted by atomic mass is 28.4. The van der Waals surface area contributed by atoms with Gasteiger partial charge in [-0.25, -0.2) is 0 Å². The van der Waals surface area contributed by atoms with Gasteiger partial charge in [-0.05, 0) is 24.6 Å². The van der Waals surface area contributed by atoms with Gasteiger partial charge in [-0.3, -0.25) is 4.90 Å². The molecule has 0 aromatic carbocycles. The van der Waals surface area contributed by atoms with E-state index in [1.54, 1.807) is 0 Å². The highest BCUT2D eigenvalue weighted by Gasteiger charge is 2.41. The zero-order chi connectivity index (χ0) is 14.0. The summed E-state index contributed by atoms with van der Waals surface area (Å²) < 4.78 is 6.37. The van der Waals surface area contributed by atoms with Crippen LogP contribution in [0, 0.1) is 0 Å². The van der Waals surface area contributed by atoms with E-state index >= 15 is 0 Å². The largest absolute Gasteiger partial charge is 0.413 e. The van der Waals surface area contributed by atoms with Gasteiger partial charge in [0.15, 0.2) is 8.32 Å². The molecule has 1 unspecified atom stereocenters. The van der Waals surface area contributed by atoms with E-state index in [0.29, 0.717) is 0 Å². The van der Waals surface area contributed by atoms with Gasteiger partial charge in [-0.15, -0.1) is 0 Å². The van der Waals surface area contributed by atoms with E-state index in [1.807, 2.05) is 0 Å². The first-order valence-electron chi connectivity index (χ1n) is 6.85. The Bertz CT molecular complexity index is 261. The van der Waals surface area contributed by atoms with Crippen molar-refractivity contribution >= 4 is 8.32 Å². The lowest BCUT2D eigenvalue weighted by atomic mass is 10.2. The van der Waals surface area contributed by atoms with E-state index in [2.05, 4.69) is 38.8 Å². The zero-order valence-corrected chi connectivity index (χ0v) is 13.4. The van der Waals surface area contributed by atoms with Gasteiger partial charge in [0.1, 0.15) is 0 Å². The van der Waals surface area contributed by atoms with Crippen molar-refractivity contribution in [1.29, 1.82) is 0 Å². The number of rotatable bonds is 5. The van der Waals surface area contributed by atoms with Crippen molar-refractivity contribution in [2.45, 2.75) is 57.5 Å². The summed E-state index contributed by atoms with van der Waals surface area (Å²) in [6.45, 7) is 13.1. The zero-order valence-electron chi connectivity index (χ0n) is 12.4. The third-order valence-electron chi connectivity index (χ3n) is 4.38. The van der Waals surface area contributed by atoms with E-state index in [0.717, 1.165) is 19.5 Å². The molecule has 0 saturated carbocycles. The van der Waals surface area contributed by atoms with Gasteiger partial charge in [-0.1, -0.05) is 20.8 Å². The highest BCUT2D eigenvalue weighted by Crippen LogP contribution is 2.38. The second kappa shape index (κ2) is 6.01. The molecule has 0 aromatic heterocycles. The summed E-state index contributed by atoms with van der Waals surface area (Å²) in [7, 11) is -1.71. The minimum absolute atomic E-state index is 0.0172. The lowest BCUT2D eigenvalue weighted by Gasteiger charge is -2.38. The molecule has 1 heterocycles. The molecule has 1 aliphatic rings. The molecule has 5 heteroatoms. The van der Waals surface area contributed by atoms with Crippen molar-refractivity contribution in [1.82, 2.24) is 4.90 Å². The summed E-state index contributed by atoms with van der Waals surface area (Å²) in [5.74, 6) is 0. The van der Waals surface area contributed by atoms with Gasteiger partial charge in [-0.2, -0.15) is 0 Å². The maximum Gasteiger partial charge on any atom is 0.192 e. The average molecular weight is 275 g/mol. The lowest BCUT2D eigenvalue weighted by molar-refractivity contribution is 0.0799. The van der Waals surface area contributed by atoms with Crippen molar-refractivity contribution in [2.75, 3.05) is 26.3 Å². The third-order valence-corrected chi connectivity index (χ3v) is 8.92. The average Bonchev–Trinajstić information content (AvgIpc) is 2.66. The second-order valence-electron chi connectivity index (χ2n) is 6.80. The SMILES string of the molecule is CC(C)(C)[Si](C)(C)OC1CCN(C(CO)CO)C1. The van der Waals surface area contributed by atoms with Crippen LogP contribution in [0.3, 0.4) is 0 Å². The first-order chi connectivity index (χ1) is 8.21. The topological polar surface area (TPSA) is 52.9 Å². The van der Waals surface area contributed by atoms with Gasteiger partial charge >= 0.3 is 0 Å². The monoisotopic (exact) mass is 275 g/mol. The maximum atomic E-state index is 9.20. The molecule has 1 rings (SSSR count). The Labute approximate surface area is 112 Å². The Morgan fingerprint density at radius 2 is 1.83 bits per heavy atom. The van der Waals surface area contributed by atoms with E-state index in [9.17, 15) is 10.2 Å². The van der Waals surface area contributed by atoms with Crippen LogP contribution < -0.4 is 0 Å². The summed E-state index contributed by atoms with van der Waals surface area (Å²) in [6, 6.07) is -0.127. The van der Waals surface area contributed by atoms with Crippen molar-refractivity contribution in [2.24, 2.45) is 0 Å². The van der Waals surface area contributed by atoms with Crippen molar-refractivity contribution in [3.05, 3.63) is 0 Å². The van der Waals surface area contributed by atoms with E-state index in [1.165, 1.54) is 0 Å². The standard InChI is InChI=1S/C13H29NO3Si/c1-13(2,3)18(4,5)17-12-6-7-14(8-12)11(9-15)10-16/h11-12,15-16H,6-10H2,1-5H3. The minimum Gasteiger partial charge on any atom is -0.413 e. The predicted octanol–water partition coefficient (Wildman–Crippen LogP) is 1.44. The smallest absolute Gasteiger partial charge is 0.192 e. The molecule has 0 aliphatic carbocycles. The van der Waals surface area contributed by atoms with Crippen LogP contribution in [-0.2, 0) is 4.43 Å². The molecule has 1 saturated heterocycles. The lowest BCUT2D eigenvalue weighted by Crippen LogP contribution is -2.45. The molecule has 108 valence electrons. The van der Waals surface area contributed by atoms with Crippen molar-refractivity contribution < 1.29 is 14.6 Å². The highest BCUT2D eigenvalue weighted by molar-refractivity contribution is 6.74. The Balaban J connectivity index is 2.53. The molecule has 0 spiro atoms. The fourth-order valence-corrected chi connectivity index (χ4v) is 3.44. The molecule has 0 amide bonds. The summed E-state index contributed by atoms with van der Waals surface area (Å²) in [6.07, 6.45) is 1.26. The molecule has 0 aromatic rings. The summed E-state index contributed by atoms with van der Waals surface area (Å²) in [5.41, 5.74) is 0. The fraction of sp³-hybridized carbons (Fsp3) is 1.00. The molecular formula is C13H29NO3Si. The van der Waals surface area contributed by atoms with E-state index < -0.39 is 8.32 Å². The maximum absolute atomic E-state index is 9.20. The fourth-order valence-electron chi connectivity index (χ4n) is 2.06. The van der Waals surface area contributed by atoms with E-state index in [4.69, 9.17) is 4.43 Å².